The molecule has 0 heterocycles. The van der Waals surface area contributed by atoms with Crippen molar-refractivity contribution >= 4 is 37.3 Å². The standard InChI is InChI=1S/C25H28FN3O6S2/c1-17(2)28-36(31,32)20-13-14-24(35-4)22(15-20)27-25(30)16-29(23-8-6-5-7-21(23)26)37(33,34)19-11-9-18(3)10-12-19/h5-15,17,28H,16H2,1-4H3,(H,27,30). The summed E-state index contributed by atoms with van der Waals surface area (Å²) in [4.78, 5) is 12.8. The third-order valence-corrected chi connectivity index (χ3v) is 8.59. The second-order valence-electron chi connectivity index (χ2n) is 8.46. The average molecular weight is 550 g/mol. The summed E-state index contributed by atoms with van der Waals surface area (Å²) >= 11 is 0. The van der Waals surface area contributed by atoms with E-state index in [-0.39, 0.29) is 33.0 Å². The number of sulfonamides is 2. The number of aryl methyl sites for hydroxylation is 1. The first-order valence-corrected chi connectivity index (χ1v) is 14.1. The maximum Gasteiger partial charge on any atom is 0.264 e. The minimum absolute atomic E-state index is 0.000323. The molecule has 0 spiro atoms. The molecule has 9 nitrogen and oxygen atoms in total. The second kappa shape index (κ2) is 11.3. The number of carbonyl (C=O) groups excluding carboxylic acids is 1. The number of halogens is 1. The Kier molecular flexibility index (Phi) is 8.57. The zero-order valence-corrected chi connectivity index (χ0v) is 22.4. The predicted octanol–water partition coefficient (Wildman–Crippen LogP) is 3.66. The summed E-state index contributed by atoms with van der Waals surface area (Å²) in [5, 5.41) is 2.49. The van der Waals surface area contributed by atoms with E-state index in [2.05, 4.69) is 10.0 Å². The maximum absolute atomic E-state index is 14.7. The van der Waals surface area contributed by atoms with Gasteiger partial charge in [0.15, 0.2) is 0 Å². The average Bonchev–Trinajstić information content (AvgIpc) is 2.82. The van der Waals surface area contributed by atoms with Gasteiger partial charge in [0.2, 0.25) is 15.9 Å². The number of carbonyl (C=O) groups is 1. The van der Waals surface area contributed by atoms with E-state index in [1.54, 1.807) is 32.9 Å². The fourth-order valence-corrected chi connectivity index (χ4v) is 6.15. The minimum atomic E-state index is -4.35. The third kappa shape index (κ3) is 6.64. The number of benzene rings is 3. The number of nitrogens with zero attached hydrogens (tertiary/aromatic N) is 1. The van der Waals surface area contributed by atoms with E-state index in [4.69, 9.17) is 4.74 Å². The first kappa shape index (κ1) is 28.1. The summed E-state index contributed by atoms with van der Waals surface area (Å²) in [6.07, 6.45) is 0. The molecule has 3 rings (SSSR count). The van der Waals surface area contributed by atoms with Gasteiger partial charge in [0.1, 0.15) is 18.1 Å². The van der Waals surface area contributed by atoms with Crippen LogP contribution in [0.25, 0.3) is 0 Å². The van der Waals surface area contributed by atoms with Gasteiger partial charge in [-0.05, 0) is 63.2 Å². The van der Waals surface area contributed by atoms with Crippen molar-refractivity contribution in [3.63, 3.8) is 0 Å². The van der Waals surface area contributed by atoms with Crippen LogP contribution in [0.3, 0.4) is 0 Å². The molecule has 2 N–H and O–H groups in total. The Balaban J connectivity index is 1.99. The normalized spacial score (nSPS) is 11.8. The molecule has 0 saturated carbocycles. The first-order valence-electron chi connectivity index (χ1n) is 11.2. The highest BCUT2D eigenvalue weighted by molar-refractivity contribution is 7.92. The molecule has 198 valence electrons. The van der Waals surface area contributed by atoms with Crippen molar-refractivity contribution in [1.29, 1.82) is 0 Å². The molecule has 0 radical (unpaired) electrons. The molecule has 0 atom stereocenters. The van der Waals surface area contributed by atoms with Crippen molar-refractivity contribution in [3.05, 3.63) is 78.1 Å². The van der Waals surface area contributed by atoms with Gasteiger partial charge in [0.05, 0.1) is 28.3 Å². The number of hydrogen-bond donors (Lipinski definition) is 2. The largest absolute Gasteiger partial charge is 0.495 e. The topological polar surface area (TPSA) is 122 Å². The van der Waals surface area contributed by atoms with Crippen LogP contribution in [0.15, 0.2) is 76.5 Å². The fraction of sp³-hybridized carbons (Fsp3) is 0.240. The second-order valence-corrected chi connectivity index (χ2v) is 12.0. The van der Waals surface area contributed by atoms with Crippen LogP contribution in [0.2, 0.25) is 0 Å². The number of ether oxygens (including phenoxy) is 1. The zero-order valence-electron chi connectivity index (χ0n) is 20.7. The van der Waals surface area contributed by atoms with E-state index in [0.29, 0.717) is 4.31 Å². The van der Waals surface area contributed by atoms with Crippen molar-refractivity contribution < 1.29 is 30.8 Å². The Hall–Kier alpha value is -3.48. The number of para-hydroxylation sites is 1. The van der Waals surface area contributed by atoms with E-state index in [9.17, 15) is 26.0 Å². The van der Waals surface area contributed by atoms with Crippen molar-refractivity contribution in [2.75, 3.05) is 23.3 Å². The van der Waals surface area contributed by atoms with E-state index >= 15 is 0 Å². The molecule has 0 aliphatic carbocycles. The summed E-state index contributed by atoms with van der Waals surface area (Å²) < 4.78 is 75.2. The van der Waals surface area contributed by atoms with Gasteiger partial charge in [-0.3, -0.25) is 9.10 Å². The van der Waals surface area contributed by atoms with Gasteiger partial charge in [0.25, 0.3) is 10.0 Å². The lowest BCUT2D eigenvalue weighted by molar-refractivity contribution is -0.114. The number of nitrogens with one attached hydrogen (secondary N) is 2. The third-order valence-electron chi connectivity index (χ3n) is 5.16. The van der Waals surface area contributed by atoms with E-state index < -0.39 is 38.3 Å². The van der Waals surface area contributed by atoms with Gasteiger partial charge in [-0.2, -0.15) is 0 Å². The summed E-state index contributed by atoms with van der Waals surface area (Å²) in [5.74, 6) is -1.53. The number of rotatable bonds is 10. The summed E-state index contributed by atoms with van der Waals surface area (Å²) in [5.41, 5.74) is 0.506. The quantitative estimate of drug-likeness (QED) is 0.398. The van der Waals surface area contributed by atoms with Crippen LogP contribution in [0.5, 0.6) is 5.75 Å². The highest BCUT2D eigenvalue weighted by atomic mass is 32.2. The molecule has 0 fully saturated rings. The van der Waals surface area contributed by atoms with Crippen LogP contribution in [0.1, 0.15) is 19.4 Å². The van der Waals surface area contributed by atoms with Crippen LogP contribution in [-0.4, -0.2) is 42.4 Å². The van der Waals surface area contributed by atoms with Crippen molar-refractivity contribution in [2.24, 2.45) is 0 Å². The van der Waals surface area contributed by atoms with Crippen molar-refractivity contribution in [3.8, 4) is 5.75 Å². The van der Waals surface area contributed by atoms with E-state index in [1.807, 2.05) is 0 Å². The lowest BCUT2D eigenvalue weighted by atomic mass is 10.2. The molecule has 12 heteroatoms. The summed E-state index contributed by atoms with van der Waals surface area (Å²) in [6, 6.07) is 14.6. The number of hydrogen-bond acceptors (Lipinski definition) is 6. The van der Waals surface area contributed by atoms with Crippen molar-refractivity contribution in [2.45, 2.75) is 36.6 Å². The number of anilines is 2. The molecule has 37 heavy (non-hydrogen) atoms. The number of methoxy groups -OCH3 is 1. The Morgan fingerprint density at radius 2 is 1.59 bits per heavy atom. The zero-order chi connectivity index (χ0) is 27.4. The Labute approximate surface area is 216 Å². The molecule has 0 bridgehead atoms. The van der Waals surface area contributed by atoms with Gasteiger partial charge in [-0.25, -0.2) is 25.9 Å². The van der Waals surface area contributed by atoms with Gasteiger partial charge >= 0.3 is 0 Å². The molecule has 0 saturated heterocycles. The van der Waals surface area contributed by atoms with Gasteiger partial charge in [-0.15, -0.1) is 0 Å². The fourth-order valence-electron chi connectivity index (χ4n) is 3.44. The van der Waals surface area contributed by atoms with Gasteiger partial charge in [0, 0.05) is 6.04 Å². The minimum Gasteiger partial charge on any atom is -0.495 e. The van der Waals surface area contributed by atoms with Crippen LogP contribution >= 0.6 is 0 Å². The molecule has 0 aliphatic rings. The maximum atomic E-state index is 14.7. The summed E-state index contributed by atoms with van der Waals surface area (Å²) in [6.45, 7) is 4.32. The van der Waals surface area contributed by atoms with Crippen LogP contribution < -0.4 is 19.1 Å². The lowest BCUT2D eigenvalue weighted by Crippen LogP contribution is -2.38. The van der Waals surface area contributed by atoms with Crippen molar-refractivity contribution in [1.82, 2.24) is 4.72 Å². The smallest absolute Gasteiger partial charge is 0.264 e. The highest BCUT2D eigenvalue weighted by Gasteiger charge is 2.29. The molecular weight excluding hydrogens is 521 g/mol. The van der Waals surface area contributed by atoms with Crippen LogP contribution in [-0.2, 0) is 24.8 Å². The molecule has 0 unspecified atom stereocenters. The number of amides is 1. The molecule has 0 aliphatic heterocycles. The highest BCUT2D eigenvalue weighted by Crippen LogP contribution is 2.29. The Bertz CT molecular complexity index is 1490. The van der Waals surface area contributed by atoms with E-state index in [1.165, 1.54) is 55.6 Å². The summed E-state index contributed by atoms with van der Waals surface area (Å²) in [7, 11) is -6.90. The van der Waals surface area contributed by atoms with Gasteiger partial charge in [-0.1, -0.05) is 29.8 Å². The Morgan fingerprint density at radius 1 is 0.973 bits per heavy atom. The van der Waals surface area contributed by atoms with E-state index in [0.717, 1.165) is 11.6 Å². The molecule has 3 aromatic rings. The van der Waals surface area contributed by atoms with Gasteiger partial charge < -0.3 is 10.1 Å². The molecule has 0 aromatic heterocycles. The predicted molar refractivity (Wildman–Crippen MR) is 139 cm³/mol. The van der Waals surface area contributed by atoms with Crippen LogP contribution in [0.4, 0.5) is 15.8 Å². The lowest BCUT2D eigenvalue weighted by Gasteiger charge is -2.24. The SMILES string of the molecule is COc1ccc(S(=O)(=O)NC(C)C)cc1NC(=O)CN(c1ccccc1F)S(=O)(=O)c1ccc(C)cc1. The molecule has 3 aromatic carbocycles. The molecule has 1 amide bonds. The molecular formula is C25H28FN3O6S2. The monoisotopic (exact) mass is 549 g/mol. The Morgan fingerprint density at radius 3 is 2.19 bits per heavy atom. The van der Waals surface area contributed by atoms with Crippen LogP contribution in [0, 0.1) is 12.7 Å². The first-order chi connectivity index (χ1) is 17.3.